The topological polar surface area (TPSA) is 75.6 Å². The van der Waals surface area contributed by atoms with Gasteiger partial charge in [-0.3, -0.25) is 4.57 Å². The lowest BCUT2D eigenvalue weighted by Crippen LogP contribution is -2.16. The first kappa shape index (κ1) is 14.6. The second-order valence-electron chi connectivity index (χ2n) is 4.29. The summed E-state index contributed by atoms with van der Waals surface area (Å²) in [7, 11) is 0. The summed E-state index contributed by atoms with van der Waals surface area (Å²) in [4.78, 5) is 16.0. The van der Waals surface area contributed by atoms with E-state index >= 15 is 0 Å². The normalized spacial score (nSPS) is 10.7. The molecule has 0 fully saturated rings. The van der Waals surface area contributed by atoms with Gasteiger partial charge in [-0.25, -0.2) is 14.9 Å². The van der Waals surface area contributed by atoms with Gasteiger partial charge in [0.1, 0.15) is 5.82 Å². The van der Waals surface area contributed by atoms with Gasteiger partial charge < -0.3 is 5.32 Å². The highest BCUT2D eigenvalue weighted by Crippen LogP contribution is 2.19. The Bertz CT molecular complexity index is 607. The van der Waals surface area contributed by atoms with E-state index < -0.39 is 0 Å². The molecule has 0 saturated heterocycles. The van der Waals surface area contributed by atoms with Crippen molar-refractivity contribution in [1.29, 1.82) is 0 Å². The molecular weight excluding hydrogens is 274 g/mol. The van der Waals surface area contributed by atoms with Crippen molar-refractivity contribution >= 4 is 17.6 Å². The van der Waals surface area contributed by atoms with Crippen molar-refractivity contribution in [3.63, 3.8) is 0 Å². The molecule has 2 aromatic heterocycles. The van der Waals surface area contributed by atoms with Crippen molar-refractivity contribution in [1.82, 2.24) is 19.7 Å². The van der Waals surface area contributed by atoms with E-state index in [2.05, 4.69) is 27.4 Å². The zero-order valence-corrected chi connectivity index (χ0v) is 12.5. The molecule has 0 radical (unpaired) electrons. The average Bonchev–Trinajstić information content (AvgIpc) is 2.83. The predicted octanol–water partition coefficient (Wildman–Crippen LogP) is 2.10. The molecule has 20 heavy (non-hydrogen) atoms. The predicted molar refractivity (Wildman–Crippen MR) is 81.1 cm³/mol. The minimum absolute atomic E-state index is 0.165. The summed E-state index contributed by atoms with van der Waals surface area (Å²) >= 11 is 1.51. The molecule has 2 aromatic rings. The Labute approximate surface area is 122 Å². The number of nitrogens with zero attached hydrogens (tertiary/aromatic N) is 3. The highest BCUT2D eigenvalue weighted by Gasteiger charge is 2.07. The Balaban J connectivity index is 2.01. The van der Waals surface area contributed by atoms with Gasteiger partial charge in [0.15, 0.2) is 5.16 Å². The van der Waals surface area contributed by atoms with Gasteiger partial charge in [-0.1, -0.05) is 24.8 Å². The van der Waals surface area contributed by atoms with E-state index in [1.165, 1.54) is 11.8 Å². The van der Waals surface area contributed by atoms with Crippen LogP contribution in [0, 0.1) is 0 Å². The Kier molecular flexibility index (Phi) is 5.23. The van der Waals surface area contributed by atoms with E-state index in [0.29, 0.717) is 17.5 Å². The molecule has 0 spiro atoms. The molecule has 7 heteroatoms. The minimum Gasteiger partial charge on any atom is -0.370 e. The van der Waals surface area contributed by atoms with E-state index in [1.54, 1.807) is 4.57 Å². The monoisotopic (exact) mass is 293 g/mol. The second-order valence-corrected chi connectivity index (χ2v) is 5.23. The molecule has 0 atom stereocenters. The lowest BCUT2D eigenvalue weighted by atomic mass is 10.3. The summed E-state index contributed by atoms with van der Waals surface area (Å²) in [6.07, 6.45) is 1.07. The number of hydrogen-bond acceptors (Lipinski definition) is 5. The number of hydrogen-bond donors (Lipinski definition) is 2. The zero-order chi connectivity index (χ0) is 14.4. The first-order valence-corrected chi connectivity index (χ1v) is 7.71. The molecule has 0 aliphatic heterocycles. The lowest BCUT2D eigenvalue weighted by Gasteiger charge is -2.06. The summed E-state index contributed by atoms with van der Waals surface area (Å²) in [5.41, 5.74) is 0.801. The molecule has 2 heterocycles. The maximum absolute atomic E-state index is 11.5. The molecule has 0 aromatic carbocycles. The molecule has 2 N–H and O–H groups in total. The third kappa shape index (κ3) is 3.63. The number of rotatable bonds is 7. The van der Waals surface area contributed by atoms with Gasteiger partial charge in [0.2, 0.25) is 0 Å². The summed E-state index contributed by atoms with van der Waals surface area (Å²) in [5, 5.41) is 10.4. The molecule has 0 aliphatic rings. The number of pyridine rings is 1. The molecule has 0 unspecified atom stereocenters. The van der Waals surface area contributed by atoms with Gasteiger partial charge in [-0.05, 0) is 25.5 Å². The molecule has 2 rings (SSSR count). The van der Waals surface area contributed by atoms with Crippen LogP contribution in [-0.4, -0.2) is 26.3 Å². The standard InChI is InChI=1S/C13H19N5OS/c1-3-8-14-11-7-5-6-10(15-11)9-20-13-17-16-12(19)18(13)4-2/h5-7H,3-4,8-9H2,1-2H3,(H,14,15)(H,16,19). The number of anilines is 1. The van der Waals surface area contributed by atoms with E-state index in [0.717, 1.165) is 24.5 Å². The maximum atomic E-state index is 11.5. The molecule has 0 bridgehead atoms. The third-order valence-corrected chi connectivity index (χ3v) is 3.76. The van der Waals surface area contributed by atoms with Crippen LogP contribution < -0.4 is 11.0 Å². The molecular formula is C13H19N5OS. The van der Waals surface area contributed by atoms with Crippen molar-refractivity contribution in [2.75, 3.05) is 11.9 Å². The van der Waals surface area contributed by atoms with Gasteiger partial charge in [-0.2, -0.15) is 0 Å². The quantitative estimate of drug-likeness (QED) is 0.765. The van der Waals surface area contributed by atoms with Crippen LogP contribution in [0.3, 0.4) is 0 Å². The second kappa shape index (κ2) is 7.14. The number of aromatic nitrogens is 4. The fraction of sp³-hybridized carbons (Fsp3) is 0.462. The maximum Gasteiger partial charge on any atom is 0.343 e. The van der Waals surface area contributed by atoms with E-state index in [1.807, 2.05) is 25.1 Å². The van der Waals surface area contributed by atoms with Gasteiger partial charge in [0, 0.05) is 18.8 Å². The van der Waals surface area contributed by atoms with Gasteiger partial charge in [0.05, 0.1) is 5.69 Å². The summed E-state index contributed by atoms with van der Waals surface area (Å²) in [6, 6.07) is 5.92. The summed E-state index contributed by atoms with van der Waals surface area (Å²) in [6.45, 7) is 5.57. The third-order valence-electron chi connectivity index (χ3n) is 2.75. The van der Waals surface area contributed by atoms with Crippen LogP contribution in [-0.2, 0) is 12.3 Å². The molecule has 6 nitrogen and oxygen atoms in total. The van der Waals surface area contributed by atoms with Crippen LogP contribution in [0.1, 0.15) is 26.0 Å². The van der Waals surface area contributed by atoms with Crippen LogP contribution in [0.2, 0.25) is 0 Å². The first-order valence-electron chi connectivity index (χ1n) is 6.72. The highest BCUT2D eigenvalue weighted by atomic mass is 32.2. The van der Waals surface area contributed by atoms with Gasteiger partial charge in [0.25, 0.3) is 0 Å². The van der Waals surface area contributed by atoms with Crippen LogP contribution in [0.4, 0.5) is 5.82 Å². The largest absolute Gasteiger partial charge is 0.370 e. The van der Waals surface area contributed by atoms with Gasteiger partial charge >= 0.3 is 5.69 Å². The van der Waals surface area contributed by atoms with Crippen molar-refractivity contribution in [2.45, 2.75) is 37.7 Å². The van der Waals surface area contributed by atoms with E-state index in [4.69, 9.17) is 0 Å². The van der Waals surface area contributed by atoms with E-state index in [-0.39, 0.29) is 5.69 Å². The number of aromatic amines is 1. The van der Waals surface area contributed by atoms with Crippen LogP contribution in [0.25, 0.3) is 0 Å². The molecule has 0 saturated carbocycles. The SMILES string of the molecule is CCCNc1cccc(CSc2n[nH]c(=O)n2CC)n1. The summed E-state index contributed by atoms with van der Waals surface area (Å²) in [5.74, 6) is 1.58. The molecule has 0 amide bonds. The van der Waals surface area contributed by atoms with Crippen LogP contribution in [0.5, 0.6) is 0 Å². The Morgan fingerprint density at radius 2 is 2.25 bits per heavy atom. The number of nitrogens with one attached hydrogen (secondary N) is 2. The number of H-pyrrole nitrogens is 1. The molecule has 108 valence electrons. The Morgan fingerprint density at radius 3 is 3.00 bits per heavy atom. The van der Waals surface area contributed by atoms with Crippen molar-refractivity contribution in [3.8, 4) is 0 Å². The van der Waals surface area contributed by atoms with Crippen LogP contribution >= 0.6 is 11.8 Å². The van der Waals surface area contributed by atoms with E-state index in [9.17, 15) is 4.79 Å². The number of thioether (sulfide) groups is 1. The first-order chi connectivity index (χ1) is 9.74. The fourth-order valence-electron chi connectivity index (χ4n) is 1.74. The highest BCUT2D eigenvalue weighted by molar-refractivity contribution is 7.98. The zero-order valence-electron chi connectivity index (χ0n) is 11.7. The lowest BCUT2D eigenvalue weighted by molar-refractivity contribution is 0.660. The summed E-state index contributed by atoms with van der Waals surface area (Å²) < 4.78 is 1.61. The van der Waals surface area contributed by atoms with Crippen LogP contribution in [0.15, 0.2) is 28.2 Å². The average molecular weight is 293 g/mol. The smallest absolute Gasteiger partial charge is 0.343 e. The minimum atomic E-state index is -0.165. The van der Waals surface area contributed by atoms with Gasteiger partial charge in [-0.15, -0.1) is 5.10 Å². The Hall–Kier alpha value is -1.76. The van der Waals surface area contributed by atoms with Crippen molar-refractivity contribution < 1.29 is 0 Å². The van der Waals surface area contributed by atoms with Crippen molar-refractivity contribution in [2.24, 2.45) is 0 Å². The molecule has 0 aliphatic carbocycles. The van der Waals surface area contributed by atoms with Crippen molar-refractivity contribution in [3.05, 3.63) is 34.4 Å². The fourth-order valence-corrected chi connectivity index (χ4v) is 2.66. The Morgan fingerprint density at radius 1 is 1.40 bits per heavy atom.